The highest BCUT2D eigenvalue weighted by Crippen LogP contribution is 2.26. The van der Waals surface area contributed by atoms with E-state index in [0.717, 1.165) is 0 Å². The second kappa shape index (κ2) is 8.54. The molecule has 0 aliphatic heterocycles. The summed E-state index contributed by atoms with van der Waals surface area (Å²) in [5.41, 5.74) is 1.92. The molecular formula is C19H17Cl2N3O4S. The van der Waals surface area contributed by atoms with Crippen molar-refractivity contribution >= 4 is 50.9 Å². The van der Waals surface area contributed by atoms with Gasteiger partial charge in [-0.15, -0.1) is 0 Å². The van der Waals surface area contributed by atoms with Crippen molar-refractivity contribution in [3.8, 4) is 0 Å². The SMILES string of the molecule is Cc1noc(C)c1N[S+](=O)([O-])c1ccc(NC(=O)Cc2ccc(Cl)c(Cl)c2)cc1. The molecule has 2 aromatic carbocycles. The first-order valence-electron chi connectivity index (χ1n) is 8.45. The van der Waals surface area contributed by atoms with Gasteiger partial charge in [-0.1, -0.05) is 38.6 Å². The Bertz CT molecular complexity index is 1080. The molecule has 2 N–H and O–H groups in total. The van der Waals surface area contributed by atoms with E-state index in [1.807, 2.05) is 0 Å². The van der Waals surface area contributed by atoms with E-state index < -0.39 is 10.4 Å². The molecule has 0 fully saturated rings. The molecule has 0 spiro atoms. The van der Waals surface area contributed by atoms with Gasteiger partial charge < -0.3 is 14.4 Å². The molecule has 0 saturated carbocycles. The van der Waals surface area contributed by atoms with Crippen LogP contribution in [0.1, 0.15) is 17.0 Å². The molecule has 1 aromatic heterocycles. The molecule has 1 heterocycles. The van der Waals surface area contributed by atoms with Crippen LogP contribution in [-0.2, 0) is 25.8 Å². The number of carbonyl (C=O) groups is 1. The topological polar surface area (TPSA) is 107 Å². The van der Waals surface area contributed by atoms with Crippen LogP contribution >= 0.6 is 23.2 Å². The van der Waals surface area contributed by atoms with Crippen molar-refractivity contribution < 1.29 is 18.1 Å². The van der Waals surface area contributed by atoms with E-state index in [9.17, 15) is 13.6 Å². The van der Waals surface area contributed by atoms with E-state index in [1.165, 1.54) is 24.3 Å². The Kier molecular flexibility index (Phi) is 6.28. The number of halogens is 2. The quantitative estimate of drug-likeness (QED) is 0.521. The predicted molar refractivity (Wildman–Crippen MR) is 112 cm³/mol. The fourth-order valence-electron chi connectivity index (χ4n) is 2.58. The number of aromatic nitrogens is 1. The maximum Gasteiger partial charge on any atom is 0.228 e. The Morgan fingerprint density at radius 2 is 1.83 bits per heavy atom. The molecule has 29 heavy (non-hydrogen) atoms. The van der Waals surface area contributed by atoms with Crippen molar-refractivity contribution in [1.82, 2.24) is 5.16 Å². The van der Waals surface area contributed by atoms with E-state index >= 15 is 0 Å². The number of nitrogens with one attached hydrogen (secondary N) is 2. The number of hydrogen-bond acceptors (Lipinski definition) is 5. The first-order chi connectivity index (χ1) is 13.7. The van der Waals surface area contributed by atoms with Gasteiger partial charge in [-0.05, 0) is 55.8 Å². The summed E-state index contributed by atoms with van der Waals surface area (Å²) < 4.78 is 32.5. The third-order valence-corrected chi connectivity index (χ3v) is 6.17. The predicted octanol–water partition coefficient (Wildman–Crippen LogP) is 4.80. The number of amides is 1. The van der Waals surface area contributed by atoms with Crippen LogP contribution in [-0.4, -0.2) is 15.6 Å². The lowest BCUT2D eigenvalue weighted by molar-refractivity contribution is -0.115. The van der Waals surface area contributed by atoms with Gasteiger partial charge in [0.15, 0.2) is 21.1 Å². The third-order valence-electron chi connectivity index (χ3n) is 4.07. The lowest BCUT2D eigenvalue weighted by Gasteiger charge is -2.16. The van der Waals surface area contributed by atoms with Crippen LogP contribution in [0.5, 0.6) is 0 Å². The summed E-state index contributed by atoms with van der Waals surface area (Å²) >= 11 is 11.8. The molecule has 3 rings (SSSR count). The Balaban J connectivity index is 1.67. The lowest BCUT2D eigenvalue weighted by atomic mass is 10.1. The molecular weight excluding hydrogens is 437 g/mol. The summed E-state index contributed by atoms with van der Waals surface area (Å²) in [6, 6.07) is 10.8. The van der Waals surface area contributed by atoms with Crippen LogP contribution in [0.3, 0.4) is 0 Å². The maximum absolute atomic E-state index is 12.5. The largest absolute Gasteiger partial charge is 0.588 e. The van der Waals surface area contributed by atoms with Crippen LogP contribution in [0.2, 0.25) is 10.0 Å². The minimum absolute atomic E-state index is 0.0417. The van der Waals surface area contributed by atoms with Gasteiger partial charge in [0, 0.05) is 5.69 Å². The van der Waals surface area contributed by atoms with E-state index in [0.29, 0.717) is 38.4 Å². The number of benzene rings is 2. The van der Waals surface area contributed by atoms with Gasteiger partial charge in [-0.25, -0.2) is 0 Å². The summed E-state index contributed by atoms with van der Waals surface area (Å²) in [6.07, 6.45) is 0.102. The number of hydrogen-bond donors (Lipinski definition) is 2. The number of sulfonamides is 1. The average molecular weight is 454 g/mol. The van der Waals surface area contributed by atoms with Crippen LogP contribution in [0.25, 0.3) is 0 Å². The zero-order valence-electron chi connectivity index (χ0n) is 15.5. The zero-order valence-corrected chi connectivity index (χ0v) is 17.8. The molecule has 10 heteroatoms. The maximum atomic E-state index is 12.5. The fraction of sp³-hybridized carbons (Fsp3) is 0.158. The van der Waals surface area contributed by atoms with Crippen molar-refractivity contribution in [2.24, 2.45) is 0 Å². The van der Waals surface area contributed by atoms with Gasteiger partial charge in [0.1, 0.15) is 11.4 Å². The average Bonchev–Trinajstić information content (AvgIpc) is 2.97. The van der Waals surface area contributed by atoms with E-state index in [2.05, 4.69) is 15.2 Å². The number of anilines is 2. The summed E-state index contributed by atoms with van der Waals surface area (Å²) in [5, 5.41) is 7.22. The smallest absolute Gasteiger partial charge is 0.228 e. The third kappa shape index (κ3) is 5.16. The molecule has 7 nitrogen and oxygen atoms in total. The number of carbonyl (C=O) groups excluding carboxylic acids is 1. The molecule has 0 saturated heterocycles. The molecule has 152 valence electrons. The number of aryl methyl sites for hydroxylation is 2. The van der Waals surface area contributed by atoms with Crippen molar-refractivity contribution in [3.05, 3.63) is 69.5 Å². The van der Waals surface area contributed by atoms with Gasteiger partial charge in [-0.2, -0.15) is 4.72 Å². The summed E-state index contributed by atoms with van der Waals surface area (Å²) in [7, 11) is -3.82. The van der Waals surface area contributed by atoms with Crippen LogP contribution in [0.15, 0.2) is 51.9 Å². The number of rotatable bonds is 6. The van der Waals surface area contributed by atoms with Crippen molar-refractivity contribution in [2.45, 2.75) is 25.2 Å². The number of nitrogens with zero attached hydrogens (tertiary/aromatic N) is 1. The minimum Gasteiger partial charge on any atom is -0.588 e. The minimum atomic E-state index is -3.82. The first-order valence-corrected chi connectivity index (χ1v) is 10.7. The molecule has 0 radical (unpaired) electrons. The fourth-order valence-corrected chi connectivity index (χ4v) is 4.07. The van der Waals surface area contributed by atoms with Crippen LogP contribution in [0, 0.1) is 13.8 Å². The summed E-state index contributed by atoms with van der Waals surface area (Å²) in [5.74, 6) is 0.102. The molecule has 1 atom stereocenters. The summed E-state index contributed by atoms with van der Waals surface area (Å²) in [6.45, 7) is 3.26. The van der Waals surface area contributed by atoms with Crippen LogP contribution < -0.4 is 10.0 Å². The summed E-state index contributed by atoms with van der Waals surface area (Å²) in [4.78, 5) is 12.3. The van der Waals surface area contributed by atoms with Gasteiger partial charge in [0.25, 0.3) is 0 Å². The van der Waals surface area contributed by atoms with Gasteiger partial charge in [0.05, 0.1) is 16.5 Å². The highest BCUT2D eigenvalue weighted by molar-refractivity contribution is 7.99. The van der Waals surface area contributed by atoms with Crippen molar-refractivity contribution in [1.29, 1.82) is 0 Å². The van der Waals surface area contributed by atoms with Gasteiger partial charge >= 0.3 is 0 Å². The first kappa shape index (κ1) is 21.3. The molecule has 1 amide bonds. The van der Waals surface area contributed by atoms with Crippen LogP contribution in [0.4, 0.5) is 11.4 Å². The normalized spacial score (nSPS) is 13.0. The van der Waals surface area contributed by atoms with E-state index in [4.69, 9.17) is 27.7 Å². The molecule has 3 aromatic rings. The highest BCUT2D eigenvalue weighted by atomic mass is 35.5. The second-order valence-corrected chi connectivity index (χ2v) is 8.80. The molecule has 0 bridgehead atoms. The Morgan fingerprint density at radius 3 is 2.41 bits per heavy atom. The Labute approximate surface area is 178 Å². The van der Waals surface area contributed by atoms with Crippen molar-refractivity contribution in [3.63, 3.8) is 0 Å². The monoisotopic (exact) mass is 453 g/mol. The van der Waals surface area contributed by atoms with Crippen molar-refractivity contribution in [2.75, 3.05) is 10.0 Å². The van der Waals surface area contributed by atoms with E-state index in [1.54, 1.807) is 32.0 Å². The zero-order chi connectivity index (χ0) is 21.2. The second-order valence-electron chi connectivity index (χ2n) is 6.30. The molecule has 0 aliphatic rings. The lowest BCUT2D eigenvalue weighted by Crippen LogP contribution is -2.21. The molecule has 0 aliphatic carbocycles. The Morgan fingerprint density at radius 1 is 1.14 bits per heavy atom. The standard InChI is InChI=1S/C19H17Cl2N3O4S/c1-11-19(12(2)28-23-11)24-29(26,27)15-6-4-14(5-7-15)22-18(25)10-13-3-8-16(20)17(21)9-13/h3-9H,10H2,1-2H3,(H2-,22,24,25,26,27). The Hall–Kier alpha value is -2.39. The molecule has 1 unspecified atom stereocenters. The highest BCUT2D eigenvalue weighted by Gasteiger charge is 2.24. The van der Waals surface area contributed by atoms with Gasteiger partial charge in [0.2, 0.25) is 5.91 Å². The van der Waals surface area contributed by atoms with Gasteiger partial charge in [-0.3, -0.25) is 4.79 Å². The van der Waals surface area contributed by atoms with E-state index in [-0.39, 0.29) is 17.2 Å².